The topological polar surface area (TPSA) is 18.5 Å². The van der Waals surface area contributed by atoms with Crippen LogP contribution in [0.5, 0.6) is 0 Å². The van der Waals surface area contributed by atoms with Crippen molar-refractivity contribution in [2.75, 3.05) is 0 Å². The second kappa shape index (κ2) is 7.26. The van der Waals surface area contributed by atoms with Crippen molar-refractivity contribution in [3.63, 3.8) is 0 Å². The summed E-state index contributed by atoms with van der Waals surface area (Å²) >= 11 is 0. The molecule has 0 saturated heterocycles. The molecule has 0 aromatic carbocycles. The van der Waals surface area contributed by atoms with E-state index in [0.29, 0.717) is 0 Å². The maximum atomic E-state index is 6.05. The summed E-state index contributed by atoms with van der Waals surface area (Å²) in [7, 11) is -2.84. The van der Waals surface area contributed by atoms with Gasteiger partial charge in [-0.05, 0) is 32.6 Å². The summed E-state index contributed by atoms with van der Waals surface area (Å²) in [6, 6.07) is 1.13. The monoisotopic (exact) mass is 232 g/mol. The zero-order valence-corrected chi connectivity index (χ0v) is 12.3. The van der Waals surface area contributed by atoms with Gasteiger partial charge in [0.1, 0.15) is 0 Å². The van der Waals surface area contributed by atoms with Gasteiger partial charge in [0.05, 0.1) is 6.26 Å². The van der Waals surface area contributed by atoms with Crippen LogP contribution in [0.4, 0.5) is 0 Å². The average Bonchev–Trinajstić information content (AvgIpc) is 2.07. The third-order valence-corrected chi connectivity index (χ3v) is 6.87. The molecule has 0 aliphatic carbocycles. The van der Waals surface area contributed by atoms with E-state index in [1.54, 1.807) is 6.26 Å². The van der Waals surface area contributed by atoms with Crippen LogP contribution in [0.25, 0.3) is 0 Å². The first-order chi connectivity index (χ1) is 6.49. The Kier molecular flexibility index (Phi) is 7.22. The van der Waals surface area contributed by atoms with Crippen molar-refractivity contribution in [1.29, 1.82) is 0 Å². The van der Waals surface area contributed by atoms with Crippen molar-refractivity contribution in [3.8, 4) is 0 Å². The number of allylic oxidation sites excluding steroid dienone is 1. The number of unbranched alkanes of at least 4 members (excludes halogenated alkanes) is 1. The molecule has 0 saturated carbocycles. The Labute approximate surface area is 91.3 Å². The van der Waals surface area contributed by atoms with E-state index in [-0.39, 0.29) is 0 Å². The van der Waals surface area contributed by atoms with Gasteiger partial charge < -0.3 is 8.54 Å². The zero-order valence-electron chi connectivity index (χ0n) is 10.2. The Bertz CT molecular complexity index is 164. The van der Waals surface area contributed by atoms with Crippen LogP contribution in [0.3, 0.4) is 0 Å². The largest absolute Gasteiger partial charge is 0.529 e. The highest BCUT2D eigenvalue weighted by Crippen LogP contribution is 2.11. The SMILES string of the molecule is CC=CO[SiH](CCCC)O[Si](C)(C)C. The Hall–Kier alpha value is -0.0662. The van der Waals surface area contributed by atoms with Crippen molar-refractivity contribution in [3.05, 3.63) is 12.3 Å². The maximum absolute atomic E-state index is 6.05. The molecule has 0 aliphatic rings. The van der Waals surface area contributed by atoms with Gasteiger partial charge in [-0.25, -0.2) is 0 Å². The number of hydrogen-bond donors (Lipinski definition) is 0. The molecule has 84 valence electrons. The molecule has 0 heterocycles. The van der Waals surface area contributed by atoms with Gasteiger partial charge in [-0.1, -0.05) is 25.8 Å². The van der Waals surface area contributed by atoms with Crippen molar-refractivity contribution >= 4 is 17.6 Å². The predicted molar refractivity (Wildman–Crippen MR) is 67.2 cm³/mol. The van der Waals surface area contributed by atoms with Gasteiger partial charge in [-0.2, -0.15) is 0 Å². The van der Waals surface area contributed by atoms with Gasteiger partial charge in [0, 0.05) is 0 Å². The van der Waals surface area contributed by atoms with E-state index in [9.17, 15) is 0 Å². The lowest BCUT2D eigenvalue weighted by molar-refractivity contribution is 0.372. The molecule has 0 rings (SSSR count). The van der Waals surface area contributed by atoms with Gasteiger partial charge >= 0.3 is 9.28 Å². The first-order valence-corrected chi connectivity index (χ1v) is 10.6. The van der Waals surface area contributed by atoms with Gasteiger partial charge in [0.15, 0.2) is 8.32 Å². The molecule has 0 aliphatic heterocycles. The zero-order chi connectivity index (χ0) is 11.0. The van der Waals surface area contributed by atoms with Gasteiger partial charge in [0.2, 0.25) is 0 Å². The van der Waals surface area contributed by atoms with Gasteiger partial charge in [-0.3, -0.25) is 0 Å². The van der Waals surface area contributed by atoms with Crippen LogP contribution in [0, 0.1) is 0 Å². The molecule has 0 fully saturated rings. The third-order valence-electron chi connectivity index (χ3n) is 1.64. The van der Waals surface area contributed by atoms with E-state index < -0.39 is 17.6 Å². The van der Waals surface area contributed by atoms with Crippen molar-refractivity contribution in [2.24, 2.45) is 0 Å². The summed E-state index contributed by atoms with van der Waals surface area (Å²) in [5.74, 6) is 0. The number of hydrogen-bond acceptors (Lipinski definition) is 2. The predicted octanol–water partition coefficient (Wildman–Crippen LogP) is 3.41. The number of rotatable bonds is 7. The van der Waals surface area contributed by atoms with Crippen molar-refractivity contribution < 1.29 is 8.54 Å². The summed E-state index contributed by atoms with van der Waals surface area (Å²) in [6.45, 7) is 10.8. The summed E-state index contributed by atoms with van der Waals surface area (Å²) in [5.41, 5.74) is 0. The standard InChI is InChI=1S/C10H24O2Si2/c1-6-8-10-13(11-9-7-2)12-14(3,4)5/h7,9,13H,6,8,10H2,1-5H3. The lowest BCUT2D eigenvalue weighted by Crippen LogP contribution is -2.35. The summed E-state index contributed by atoms with van der Waals surface area (Å²) in [4.78, 5) is 0. The van der Waals surface area contributed by atoms with E-state index in [0.717, 1.165) is 6.04 Å². The average molecular weight is 232 g/mol. The highest BCUT2D eigenvalue weighted by molar-refractivity contribution is 6.76. The molecular weight excluding hydrogens is 208 g/mol. The molecule has 2 nitrogen and oxygen atoms in total. The van der Waals surface area contributed by atoms with Crippen LogP contribution in [-0.4, -0.2) is 17.6 Å². The minimum absolute atomic E-state index is 1.13. The molecule has 4 heteroatoms. The molecule has 0 amide bonds. The van der Waals surface area contributed by atoms with Crippen LogP contribution in [-0.2, 0) is 8.54 Å². The lowest BCUT2D eigenvalue weighted by Gasteiger charge is -2.24. The van der Waals surface area contributed by atoms with Crippen LogP contribution < -0.4 is 0 Å². The van der Waals surface area contributed by atoms with E-state index >= 15 is 0 Å². The molecule has 1 atom stereocenters. The molecular formula is C10H24O2Si2. The first-order valence-electron chi connectivity index (χ1n) is 5.44. The quantitative estimate of drug-likeness (QED) is 0.495. The second-order valence-electron chi connectivity index (χ2n) is 4.41. The van der Waals surface area contributed by atoms with Crippen LogP contribution in [0.2, 0.25) is 25.7 Å². The fraction of sp³-hybridized carbons (Fsp3) is 0.800. The highest BCUT2D eigenvalue weighted by atomic mass is 28.4. The molecule has 14 heavy (non-hydrogen) atoms. The van der Waals surface area contributed by atoms with Crippen molar-refractivity contribution in [2.45, 2.75) is 52.4 Å². The third kappa shape index (κ3) is 8.53. The summed E-state index contributed by atoms with van der Waals surface area (Å²) in [5, 5.41) is 0. The van der Waals surface area contributed by atoms with Crippen molar-refractivity contribution in [1.82, 2.24) is 0 Å². The van der Waals surface area contributed by atoms with Crippen LogP contribution in [0.15, 0.2) is 12.3 Å². The smallest absolute Gasteiger partial charge is 0.371 e. The molecule has 0 spiro atoms. The Morgan fingerprint density at radius 1 is 1.29 bits per heavy atom. The van der Waals surface area contributed by atoms with Crippen LogP contribution in [0.1, 0.15) is 26.7 Å². The minimum atomic E-state index is -1.42. The fourth-order valence-electron chi connectivity index (χ4n) is 1.09. The normalized spacial score (nSPS) is 14.6. The Morgan fingerprint density at radius 2 is 1.93 bits per heavy atom. The van der Waals surface area contributed by atoms with Gasteiger partial charge in [0.25, 0.3) is 0 Å². The van der Waals surface area contributed by atoms with E-state index in [1.807, 2.05) is 13.0 Å². The molecule has 0 aromatic rings. The highest BCUT2D eigenvalue weighted by Gasteiger charge is 2.23. The lowest BCUT2D eigenvalue weighted by atomic mass is 10.4. The van der Waals surface area contributed by atoms with E-state index in [1.165, 1.54) is 12.8 Å². The first kappa shape index (κ1) is 13.9. The molecule has 0 bridgehead atoms. The Morgan fingerprint density at radius 3 is 2.36 bits per heavy atom. The molecule has 0 N–H and O–H groups in total. The fourth-order valence-corrected chi connectivity index (χ4v) is 6.14. The maximum Gasteiger partial charge on any atom is 0.371 e. The van der Waals surface area contributed by atoms with E-state index in [4.69, 9.17) is 8.54 Å². The minimum Gasteiger partial charge on any atom is -0.529 e. The second-order valence-corrected chi connectivity index (χ2v) is 11.3. The Balaban J connectivity index is 3.96. The molecule has 1 unspecified atom stereocenters. The van der Waals surface area contributed by atoms with Gasteiger partial charge in [-0.15, -0.1) is 0 Å². The summed E-state index contributed by atoms with van der Waals surface area (Å²) < 4.78 is 11.7. The summed E-state index contributed by atoms with van der Waals surface area (Å²) in [6.07, 6.45) is 6.16. The molecule has 0 radical (unpaired) electrons. The molecule has 0 aromatic heterocycles. The van der Waals surface area contributed by atoms with Crippen LogP contribution >= 0.6 is 0 Å². The van der Waals surface area contributed by atoms with E-state index in [2.05, 4.69) is 26.6 Å².